The van der Waals surface area contributed by atoms with Gasteiger partial charge in [0.1, 0.15) is 24.2 Å². The number of β-amino-alcohol motifs (C(OH)–C–C–N with tert-alkyl or cyclic N) is 1. The number of rotatable bonds is 41. The van der Waals surface area contributed by atoms with Crippen molar-refractivity contribution in [3.63, 3.8) is 0 Å². The molecule has 4 aliphatic heterocycles. The number of aromatic nitrogens is 5. The number of nitrogens with two attached hydrogens (primary N) is 1. The van der Waals surface area contributed by atoms with E-state index in [1.165, 1.54) is 49.4 Å². The maximum Gasteiger partial charge on any atom is 0.255 e. The van der Waals surface area contributed by atoms with Gasteiger partial charge in [0.15, 0.2) is 11.5 Å². The standard InChI is InChI=1S/C32H40N6O3.C29H34FN5O3.C29H37N7O2.C26H30N4O2/c1-23-5-7-24(8-6-23)27-22-29(27)33-13-2-4-28(32(41)38-18-16-37(17-19-38)20-21-39)36-31(40)26-11-9-25(10-12-26)30-34-14-3-15-35-30;1-19-4-8-21(9-5-19)23-17-25(23)33-14-2-3-24(34-26(36)22-10-6-20(18-31)7-11-22)27(37)35-15-12-29(30,13-16-35)28(32)38;1-21-5-7-22(8-6-21)25-20-27(25)30-13-3-4-26(29(38)35-18-16-34(2)17-19-35)32-28(37)23-9-11-24(12-10-23)36-15-14-31-33-36;1-18-5-9-20(10-6-18)22-16-24(22)28-13-2-4-23(26(32)30-14-3-15-30)29-25(31)21-11-7-19(17-27)8-12-21/h3,5-12,14-15,27-29,33,39H,2,4,13,16-22H2,1H3,(H,36,40);4-11,23-25,33H,2-3,12-17H2,1H3,(H2,32,38)(H,34,36);5-12,14-15,25-27,30H,3-4,13,16-20H2,1-2H3,(H,32,37);5-12,22-24,28H,2-4,13-16H2,1H3,(H,29,31)/t27-,28-,29+;23-,24-,25+;25-,26-,27+;22-,23-,24+/m0000/s1. The third-order valence-corrected chi connectivity index (χ3v) is 29.6. The molecular formula is C116H141FN22O10. The summed E-state index contributed by atoms with van der Waals surface area (Å²) < 4.78 is 16.3. The third kappa shape index (κ3) is 31.5. The molecule has 8 aromatic carbocycles. The first-order valence-electron chi connectivity index (χ1n) is 52.7. The number of aryl methyl sites for hydroxylation is 4. The molecule has 4 saturated carbocycles. The lowest BCUT2D eigenvalue weighted by Gasteiger charge is -2.36. The van der Waals surface area contributed by atoms with Crippen LogP contribution in [0.25, 0.3) is 17.1 Å². The van der Waals surface area contributed by atoms with E-state index in [1.54, 1.807) is 108 Å². The fraction of sp³-hybridized carbons (Fsp3) is 0.440. The van der Waals surface area contributed by atoms with Gasteiger partial charge in [-0.1, -0.05) is 137 Å². The zero-order chi connectivity index (χ0) is 105. The van der Waals surface area contributed by atoms with Gasteiger partial charge in [0.05, 0.1) is 48.0 Å². The number of amides is 9. The number of likely N-dealkylation sites (tertiary alicyclic amines) is 2. The van der Waals surface area contributed by atoms with Crippen molar-refractivity contribution in [1.29, 1.82) is 10.5 Å². The van der Waals surface area contributed by atoms with E-state index in [9.17, 15) is 52.6 Å². The number of piperazine rings is 2. The third-order valence-electron chi connectivity index (χ3n) is 29.6. The molecule has 10 aromatic rings. The molecule has 782 valence electrons. The van der Waals surface area contributed by atoms with Crippen LogP contribution in [0.1, 0.15) is 217 Å². The molecule has 32 nitrogen and oxygen atoms in total. The summed E-state index contributed by atoms with van der Waals surface area (Å²) in [6, 6.07) is 67.0. The molecule has 0 spiro atoms. The Hall–Kier alpha value is -14.2. The van der Waals surface area contributed by atoms with Gasteiger partial charge in [0.25, 0.3) is 29.5 Å². The van der Waals surface area contributed by atoms with E-state index < -0.39 is 41.7 Å². The average molecular weight is 2020 g/mol. The topological polar surface area (TPSA) is 420 Å². The second-order valence-corrected chi connectivity index (χ2v) is 40.7. The first-order chi connectivity index (χ1) is 72.2. The zero-order valence-electron chi connectivity index (χ0n) is 86.0. The Kier molecular flexibility index (Phi) is 38.9. The number of halogens is 1. The van der Waals surface area contributed by atoms with Crippen LogP contribution < -0.4 is 48.3 Å². The first kappa shape index (κ1) is 109. The summed E-state index contributed by atoms with van der Waals surface area (Å²) >= 11 is 0. The lowest BCUT2D eigenvalue weighted by molar-refractivity contribution is -0.141. The van der Waals surface area contributed by atoms with Gasteiger partial charge in [-0.15, -0.1) is 5.10 Å². The molecular weight excluding hydrogens is 1880 g/mol. The fourth-order valence-electron chi connectivity index (χ4n) is 19.6. The lowest BCUT2D eigenvalue weighted by Crippen LogP contribution is -2.55. The molecule has 18 rings (SSSR count). The van der Waals surface area contributed by atoms with Crippen LogP contribution in [0, 0.1) is 50.4 Å². The van der Waals surface area contributed by atoms with Crippen molar-refractivity contribution in [3.05, 3.63) is 303 Å². The minimum atomic E-state index is -2.11. The summed E-state index contributed by atoms with van der Waals surface area (Å²) in [5.41, 5.74) is 18.0. The Labute approximate surface area is 872 Å². The molecule has 4 saturated heterocycles. The predicted octanol–water partition coefficient (Wildman–Crippen LogP) is 10.8. The Morgan fingerprint density at radius 1 is 0.416 bits per heavy atom. The molecule has 0 radical (unpaired) electrons. The van der Waals surface area contributed by atoms with Gasteiger partial charge in [-0.2, -0.15) is 10.5 Å². The number of benzene rings is 8. The van der Waals surface area contributed by atoms with Crippen LogP contribution in [0.5, 0.6) is 0 Å². The SMILES string of the molecule is Cc1ccc([C@@H]2C[C@H]2NCCC[C@H](NC(=O)c2ccc(-c3ncccn3)cc2)C(=O)N2CCN(CCO)CC2)cc1.Cc1ccc([C@@H]2C[C@H]2NCCC[C@H](NC(=O)c2ccc(-n3ccnn3)cc2)C(=O)N2CCN(C)CC2)cc1.Cc1ccc([C@@H]2C[C@H]2NCCC[C@H](NC(=O)c2ccc(C#N)cc2)C(=O)N2CCC(F)(C(N)=O)CC2)cc1.Cc1ccc([C@@H]2C[C@H]2NCCC[C@H](NC(=O)c2ccc(C#N)cc2)C(=O)N2CCC2)cc1. The quantitative estimate of drug-likeness (QED) is 0.0159. The molecule has 8 fully saturated rings. The number of aliphatic hydroxyl groups excluding tert-OH is 1. The largest absolute Gasteiger partial charge is 0.395 e. The van der Waals surface area contributed by atoms with E-state index in [-0.39, 0.29) is 73.9 Å². The Bertz CT molecular complexity index is 6170. The summed E-state index contributed by atoms with van der Waals surface area (Å²) in [5, 5.41) is 61.2. The molecule has 2 aromatic heterocycles. The average Bonchev–Trinajstić information content (AvgIpc) is 1.48. The van der Waals surface area contributed by atoms with E-state index in [4.69, 9.17) is 16.3 Å². The molecule has 6 heterocycles. The van der Waals surface area contributed by atoms with Crippen LogP contribution in [0.15, 0.2) is 225 Å². The number of likely N-dealkylation sites (N-methyl/N-ethyl adjacent to an activating group) is 1. The van der Waals surface area contributed by atoms with Gasteiger partial charge in [-0.05, 0) is 258 Å². The number of primary amides is 1. The van der Waals surface area contributed by atoms with E-state index in [0.29, 0.717) is 158 Å². The van der Waals surface area contributed by atoms with Gasteiger partial charge in [0.2, 0.25) is 23.6 Å². The van der Waals surface area contributed by atoms with Crippen molar-refractivity contribution >= 4 is 53.2 Å². The van der Waals surface area contributed by atoms with Gasteiger partial charge in [-0.25, -0.2) is 19.0 Å². The Morgan fingerprint density at radius 3 is 1.03 bits per heavy atom. The summed E-state index contributed by atoms with van der Waals surface area (Å²) in [6.07, 6.45) is 17.2. The molecule has 0 unspecified atom stereocenters. The monoisotopic (exact) mass is 2020 g/mol. The number of aliphatic hydroxyl groups is 1. The smallest absolute Gasteiger partial charge is 0.255 e. The fourth-order valence-corrected chi connectivity index (χ4v) is 19.6. The minimum Gasteiger partial charge on any atom is -0.395 e. The Balaban J connectivity index is 0.000000149. The normalized spacial score (nSPS) is 20.1. The van der Waals surface area contributed by atoms with Gasteiger partial charge >= 0.3 is 0 Å². The second kappa shape index (κ2) is 53.1. The summed E-state index contributed by atoms with van der Waals surface area (Å²) in [7, 11) is 2.07. The highest BCUT2D eigenvalue weighted by Crippen LogP contribution is 2.44. The molecule has 11 N–H and O–H groups in total. The van der Waals surface area contributed by atoms with Crippen LogP contribution in [0.2, 0.25) is 0 Å². The second-order valence-electron chi connectivity index (χ2n) is 40.7. The van der Waals surface area contributed by atoms with Crippen LogP contribution in [-0.4, -0.2) is 292 Å². The van der Waals surface area contributed by atoms with Crippen LogP contribution in [0.3, 0.4) is 0 Å². The maximum atomic E-state index is 14.6. The van der Waals surface area contributed by atoms with Crippen molar-refractivity contribution in [2.75, 3.05) is 125 Å². The predicted molar refractivity (Wildman–Crippen MR) is 569 cm³/mol. The van der Waals surface area contributed by atoms with E-state index in [0.717, 1.165) is 122 Å². The number of nitrogens with one attached hydrogen (secondary N) is 8. The number of nitrogens with zero attached hydrogens (tertiary/aromatic N) is 13. The number of carbonyl (C=O) groups is 9. The number of alkyl halides is 1. The van der Waals surface area contributed by atoms with Crippen LogP contribution in [-0.2, 0) is 24.0 Å². The summed E-state index contributed by atoms with van der Waals surface area (Å²) in [5.74, 6) is 0.235. The van der Waals surface area contributed by atoms with Crippen molar-refractivity contribution < 1.29 is 52.6 Å². The summed E-state index contributed by atoms with van der Waals surface area (Å²) in [6.45, 7) is 19.6. The van der Waals surface area contributed by atoms with Crippen molar-refractivity contribution in [1.82, 2.24) is 96.9 Å². The maximum absolute atomic E-state index is 14.6. The minimum absolute atomic E-state index is 0.00204. The highest BCUT2D eigenvalue weighted by atomic mass is 19.1. The molecule has 33 heteroatoms. The van der Waals surface area contributed by atoms with E-state index in [1.807, 2.05) is 51.1 Å². The molecule has 9 amide bonds. The first-order valence-corrected chi connectivity index (χ1v) is 52.7. The van der Waals surface area contributed by atoms with E-state index >= 15 is 0 Å². The van der Waals surface area contributed by atoms with E-state index in [2.05, 4.69) is 204 Å². The number of piperidine rings is 1. The lowest BCUT2D eigenvalue weighted by atomic mass is 9.92. The number of nitriles is 2. The summed E-state index contributed by atoms with van der Waals surface area (Å²) in [4.78, 5) is 137. The molecule has 4 aliphatic carbocycles. The molecule has 12 atom stereocenters. The van der Waals surface area contributed by atoms with Gasteiger partial charge in [-0.3, -0.25) is 48.1 Å². The number of carbonyl (C=O) groups excluding carboxylic acids is 9. The van der Waals surface area contributed by atoms with Gasteiger partial charge in [0, 0.05) is 186 Å². The highest BCUT2D eigenvalue weighted by Gasteiger charge is 2.45. The molecule has 8 aliphatic rings. The highest BCUT2D eigenvalue weighted by molar-refractivity contribution is 6.00. The van der Waals surface area contributed by atoms with Crippen LogP contribution >= 0.6 is 0 Å². The van der Waals surface area contributed by atoms with Crippen molar-refractivity contribution in [2.24, 2.45) is 5.73 Å². The number of hydrogen-bond donors (Lipinski definition) is 10. The van der Waals surface area contributed by atoms with Crippen molar-refractivity contribution in [3.8, 4) is 29.2 Å². The molecule has 149 heavy (non-hydrogen) atoms. The van der Waals surface area contributed by atoms with Crippen molar-refractivity contribution in [2.45, 2.75) is 202 Å². The van der Waals surface area contributed by atoms with Crippen LogP contribution in [0.4, 0.5) is 4.39 Å². The molecule has 0 bridgehead atoms. The van der Waals surface area contributed by atoms with Gasteiger partial charge < -0.3 is 77.9 Å². The Morgan fingerprint density at radius 2 is 0.732 bits per heavy atom. The zero-order valence-corrected chi connectivity index (χ0v) is 86.0. The number of hydrogen-bond acceptors (Lipinski definition) is 22.